The van der Waals surface area contributed by atoms with Gasteiger partial charge in [0.1, 0.15) is 6.04 Å². The third-order valence-corrected chi connectivity index (χ3v) is 2.98. The Morgan fingerprint density at radius 1 is 1.35 bits per heavy atom. The maximum atomic E-state index is 12.0. The third-order valence-electron chi connectivity index (χ3n) is 2.98. The molecule has 1 aliphatic heterocycles. The molecule has 2 rings (SSSR count). The molecule has 1 N–H and O–H groups in total. The lowest BCUT2D eigenvalue weighted by Gasteiger charge is -2.36. The predicted octanol–water partition coefficient (Wildman–Crippen LogP) is -0.353. The lowest BCUT2D eigenvalue weighted by atomic mass is 10.2. The van der Waals surface area contributed by atoms with E-state index in [1.165, 1.54) is 4.90 Å². The highest BCUT2D eigenvalue weighted by atomic mass is 16.5. The van der Waals surface area contributed by atoms with Gasteiger partial charge in [-0.2, -0.15) is 0 Å². The SMILES string of the molecule is CN(C)C(=O)N1CCOCC1C(=O)NC1CC1. The normalized spacial score (nSPS) is 24.4. The van der Waals surface area contributed by atoms with Crippen LogP contribution in [0.15, 0.2) is 0 Å². The summed E-state index contributed by atoms with van der Waals surface area (Å²) < 4.78 is 5.29. The highest BCUT2D eigenvalue weighted by molar-refractivity contribution is 5.87. The summed E-state index contributed by atoms with van der Waals surface area (Å²) in [5, 5.41) is 2.92. The molecular formula is C11H19N3O3. The number of hydrogen-bond donors (Lipinski definition) is 1. The molecule has 1 saturated heterocycles. The Bertz CT molecular complexity index is 315. The van der Waals surface area contributed by atoms with E-state index in [0.29, 0.717) is 19.2 Å². The number of nitrogens with one attached hydrogen (secondary N) is 1. The van der Waals surface area contributed by atoms with Gasteiger partial charge in [-0.15, -0.1) is 0 Å². The largest absolute Gasteiger partial charge is 0.377 e. The minimum Gasteiger partial charge on any atom is -0.377 e. The number of ether oxygens (including phenoxy) is 1. The first-order valence-corrected chi connectivity index (χ1v) is 5.95. The Morgan fingerprint density at radius 3 is 2.65 bits per heavy atom. The smallest absolute Gasteiger partial charge is 0.320 e. The van der Waals surface area contributed by atoms with Crippen molar-refractivity contribution in [2.75, 3.05) is 33.9 Å². The van der Waals surface area contributed by atoms with E-state index in [2.05, 4.69) is 5.32 Å². The number of hydrogen-bond acceptors (Lipinski definition) is 3. The maximum Gasteiger partial charge on any atom is 0.320 e. The lowest BCUT2D eigenvalue weighted by molar-refractivity contribution is -0.130. The summed E-state index contributed by atoms with van der Waals surface area (Å²) in [6, 6.07) is -0.316. The van der Waals surface area contributed by atoms with Gasteiger partial charge in [0.05, 0.1) is 13.2 Å². The topological polar surface area (TPSA) is 61.9 Å². The monoisotopic (exact) mass is 241 g/mol. The quantitative estimate of drug-likeness (QED) is 0.718. The molecule has 0 aromatic heterocycles. The molecule has 6 nitrogen and oxygen atoms in total. The molecule has 0 bridgehead atoms. The van der Waals surface area contributed by atoms with Gasteiger partial charge in [-0.05, 0) is 12.8 Å². The number of nitrogens with zero attached hydrogens (tertiary/aromatic N) is 2. The number of carbonyl (C=O) groups is 2. The van der Waals surface area contributed by atoms with Crippen molar-refractivity contribution in [3.8, 4) is 0 Å². The zero-order valence-corrected chi connectivity index (χ0v) is 10.3. The highest BCUT2D eigenvalue weighted by Gasteiger charge is 2.36. The van der Waals surface area contributed by atoms with Gasteiger partial charge in [0, 0.05) is 26.7 Å². The van der Waals surface area contributed by atoms with Crippen LogP contribution in [0.2, 0.25) is 0 Å². The minimum absolute atomic E-state index is 0.0950. The third kappa shape index (κ3) is 2.88. The molecule has 1 saturated carbocycles. The van der Waals surface area contributed by atoms with Gasteiger partial charge in [-0.1, -0.05) is 0 Å². The second-order valence-corrected chi connectivity index (χ2v) is 4.74. The molecule has 1 atom stereocenters. The molecule has 0 aromatic carbocycles. The first-order chi connectivity index (χ1) is 8.09. The van der Waals surface area contributed by atoms with Gasteiger partial charge in [0.25, 0.3) is 0 Å². The maximum absolute atomic E-state index is 12.0. The minimum atomic E-state index is -0.487. The Balaban J connectivity index is 2.00. The molecule has 0 spiro atoms. The lowest BCUT2D eigenvalue weighted by Crippen LogP contribution is -2.58. The zero-order chi connectivity index (χ0) is 12.4. The first-order valence-electron chi connectivity index (χ1n) is 5.95. The molecule has 17 heavy (non-hydrogen) atoms. The van der Waals surface area contributed by atoms with Crippen LogP contribution in [0.4, 0.5) is 4.79 Å². The number of amides is 3. The second-order valence-electron chi connectivity index (χ2n) is 4.74. The van der Waals surface area contributed by atoms with E-state index in [1.54, 1.807) is 19.0 Å². The van der Waals surface area contributed by atoms with E-state index in [0.717, 1.165) is 12.8 Å². The van der Waals surface area contributed by atoms with Crippen molar-refractivity contribution in [3.05, 3.63) is 0 Å². The van der Waals surface area contributed by atoms with Crippen LogP contribution in [-0.2, 0) is 9.53 Å². The molecule has 1 aliphatic carbocycles. The van der Waals surface area contributed by atoms with Crippen LogP contribution < -0.4 is 5.32 Å². The van der Waals surface area contributed by atoms with E-state index >= 15 is 0 Å². The molecule has 1 heterocycles. The molecule has 6 heteroatoms. The second kappa shape index (κ2) is 4.91. The summed E-state index contributed by atoms with van der Waals surface area (Å²) in [6.45, 7) is 1.25. The van der Waals surface area contributed by atoms with Crippen LogP contribution in [0.5, 0.6) is 0 Å². The molecule has 2 fully saturated rings. The van der Waals surface area contributed by atoms with Crippen molar-refractivity contribution >= 4 is 11.9 Å². The van der Waals surface area contributed by atoms with Gasteiger partial charge in [0.2, 0.25) is 5.91 Å². The number of carbonyl (C=O) groups excluding carboxylic acids is 2. The fourth-order valence-corrected chi connectivity index (χ4v) is 1.83. The molecule has 3 amide bonds. The Hall–Kier alpha value is -1.30. The van der Waals surface area contributed by atoms with Crippen LogP contribution >= 0.6 is 0 Å². The van der Waals surface area contributed by atoms with Crippen LogP contribution in [0, 0.1) is 0 Å². The standard InChI is InChI=1S/C11H19N3O3/c1-13(2)11(16)14-5-6-17-7-9(14)10(15)12-8-3-4-8/h8-9H,3-7H2,1-2H3,(H,12,15). The molecule has 0 radical (unpaired) electrons. The predicted molar refractivity (Wildman–Crippen MR) is 61.6 cm³/mol. The Morgan fingerprint density at radius 2 is 2.06 bits per heavy atom. The van der Waals surface area contributed by atoms with Crippen molar-refractivity contribution < 1.29 is 14.3 Å². The van der Waals surface area contributed by atoms with Crippen molar-refractivity contribution in [1.29, 1.82) is 0 Å². The summed E-state index contributed by atoms with van der Waals surface area (Å²) in [4.78, 5) is 27.0. The first kappa shape index (κ1) is 12.2. The fraction of sp³-hybridized carbons (Fsp3) is 0.818. The Labute approximate surface area is 101 Å². The van der Waals surface area contributed by atoms with Crippen LogP contribution in [0.1, 0.15) is 12.8 Å². The molecule has 1 unspecified atom stereocenters. The molecule has 96 valence electrons. The van der Waals surface area contributed by atoms with Gasteiger partial charge in [0.15, 0.2) is 0 Å². The van der Waals surface area contributed by atoms with Gasteiger partial charge in [-0.25, -0.2) is 4.79 Å². The summed E-state index contributed by atoms with van der Waals surface area (Å²) in [5.41, 5.74) is 0. The van der Waals surface area contributed by atoms with E-state index < -0.39 is 6.04 Å². The van der Waals surface area contributed by atoms with Crippen molar-refractivity contribution in [2.24, 2.45) is 0 Å². The molecular weight excluding hydrogens is 222 g/mol. The van der Waals surface area contributed by atoms with Crippen molar-refractivity contribution in [3.63, 3.8) is 0 Å². The van der Waals surface area contributed by atoms with Gasteiger partial charge in [-0.3, -0.25) is 4.79 Å². The van der Waals surface area contributed by atoms with Gasteiger partial charge >= 0.3 is 6.03 Å². The average Bonchev–Trinajstić information content (AvgIpc) is 3.11. The Kier molecular flexibility index (Phi) is 3.51. The van der Waals surface area contributed by atoms with E-state index in [1.807, 2.05) is 0 Å². The van der Waals surface area contributed by atoms with E-state index in [-0.39, 0.29) is 18.5 Å². The average molecular weight is 241 g/mol. The van der Waals surface area contributed by atoms with Crippen LogP contribution in [0.25, 0.3) is 0 Å². The summed E-state index contributed by atoms with van der Waals surface area (Å²) in [5.74, 6) is -0.0950. The number of morpholine rings is 1. The van der Waals surface area contributed by atoms with Crippen LogP contribution in [-0.4, -0.2) is 67.7 Å². The van der Waals surface area contributed by atoms with E-state index in [4.69, 9.17) is 4.74 Å². The summed E-state index contributed by atoms with van der Waals surface area (Å²) >= 11 is 0. The zero-order valence-electron chi connectivity index (χ0n) is 10.3. The molecule has 2 aliphatic rings. The molecule has 0 aromatic rings. The van der Waals surface area contributed by atoms with Crippen molar-refractivity contribution in [1.82, 2.24) is 15.1 Å². The number of urea groups is 1. The van der Waals surface area contributed by atoms with E-state index in [9.17, 15) is 9.59 Å². The van der Waals surface area contributed by atoms with Crippen molar-refractivity contribution in [2.45, 2.75) is 24.9 Å². The van der Waals surface area contributed by atoms with Crippen LogP contribution in [0.3, 0.4) is 0 Å². The fourth-order valence-electron chi connectivity index (χ4n) is 1.83. The summed E-state index contributed by atoms with van der Waals surface area (Å²) in [7, 11) is 3.38. The highest BCUT2D eigenvalue weighted by Crippen LogP contribution is 2.19. The van der Waals surface area contributed by atoms with Gasteiger partial charge < -0.3 is 19.9 Å². The number of rotatable bonds is 2. The summed E-state index contributed by atoms with van der Waals surface area (Å²) in [6.07, 6.45) is 2.09.